The van der Waals surface area contributed by atoms with Crippen molar-refractivity contribution in [3.63, 3.8) is 0 Å². The molecule has 0 aliphatic heterocycles. The van der Waals surface area contributed by atoms with E-state index in [1.165, 1.54) is 12.1 Å². The van der Waals surface area contributed by atoms with Gasteiger partial charge in [-0.3, -0.25) is 9.59 Å². The maximum atomic E-state index is 12.2. The second kappa shape index (κ2) is 8.92. The van der Waals surface area contributed by atoms with Crippen LogP contribution in [0.3, 0.4) is 0 Å². The lowest BCUT2D eigenvalue weighted by molar-refractivity contribution is -0.139. The Balaban J connectivity index is 1.45. The van der Waals surface area contributed by atoms with Crippen molar-refractivity contribution in [2.24, 2.45) is 0 Å². The van der Waals surface area contributed by atoms with E-state index in [0.29, 0.717) is 11.3 Å². The van der Waals surface area contributed by atoms with Crippen molar-refractivity contribution < 1.29 is 24.2 Å². The van der Waals surface area contributed by atoms with Gasteiger partial charge in [0, 0.05) is 5.56 Å². The van der Waals surface area contributed by atoms with Crippen molar-refractivity contribution in [2.75, 3.05) is 19.7 Å². The molecule has 0 saturated heterocycles. The number of Topliss-reactive ketones (excluding diaryl/α,β-unsaturated/α-hetero) is 2. The van der Waals surface area contributed by atoms with Gasteiger partial charge >= 0.3 is 5.97 Å². The van der Waals surface area contributed by atoms with E-state index < -0.39 is 12.6 Å². The summed E-state index contributed by atoms with van der Waals surface area (Å²) >= 11 is 0. The number of rotatable bonds is 10. The van der Waals surface area contributed by atoms with E-state index >= 15 is 0 Å². The van der Waals surface area contributed by atoms with Crippen molar-refractivity contribution in [1.29, 1.82) is 0 Å². The zero-order valence-electron chi connectivity index (χ0n) is 15.0. The number of carbonyl (C=O) groups is 3. The van der Waals surface area contributed by atoms with Crippen molar-refractivity contribution in [2.45, 2.75) is 6.54 Å². The molecule has 0 radical (unpaired) electrons. The lowest BCUT2D eigenvalue weighted by Gasteiger charge is -2.07. The van der Waals surface area contributed by atoms with Gasteiger partial charge in [0.2, 0.25) is 0 Å². The normalized spacial score (nSPS) is 10.7. The number of fused-ring (bicyclic) bond motifs is 1. The van der Waals surface area contributed by atoms with Gasteiger partial charge in [0.25, 0.3) is 0 Å². The standard InChI is InChI=1S/C20H19N3O5/c24-15(11-23-13-22-17-3-1-2-4-18(17)23)9-21-10-19(25)14-5-7-16(8-6-14)28-12-20(26)27/h1-8,13,21H,9-12H2,(H,26,27). The number of carbonyl (C=O) groups excluding carboxylic acids is 2. The average molecular weight is 381 g/mol. The quantitative estimate of drug-likeness (QED) is 0.513. The van der Waals surface area contributed by atoms with Crippen LogP contribution in [0.1, 0.15) is 10.4 Å². The number of carboxylic acids is 1. The Morgan fingerprint density at radius 3 is 2.54 bits per heavy atom. The molecule has 3 rings (SSSR count). The molecule has 0 unspecified atom stereocenters. The van der Waals surface area contributed by atoms with E-state index in [9.17, 15) is 14.4 Å². The van der Waals surface area contributed by atoms with Crippen molar-refractivity contribution in [3.8, 4) is 5.75 Å². The Bertz CT molecular complexity index is 995. The number of nitrogens with zero attached hydrogens (tertiary/aromatic N) is 2. The van der Waals surface area contributed by atoms with Crippen LogP contribution >= 0.6 is 0 Å². The first-order chi connectivity index (χ1) is 13.5. The predicted octanol–water partition coefficient (Wildman–Crippen LogP) is 1.54. The van der Waals surface area contributed by atoms with Gasteiger partial charge in [-0.2, -0.15) is 0 Å². The number of ether oxygens (including phenoxy) is 1. The highest BCUT2D eigenvalue weighted by atomic mass is 16.5. The highest BCUT2D eigenvalue weighted by molar-refractivity contribution is 5.98. The lowest BCUT2D eigenvalue weighted by Crippen LogP contribution is -2.30. The molecule has 28 heavy (non-hydrogen) atoms. The first kappa shape index (κ1) is 19.2. The van der Waals surface area contributed by atoms with Crippen LogP contribution in [0.4, 0.5) is 0 Å². The van der Waals surface area contributed by atoms with Gasteiger partial charge in [0.05, 0.1) is 37.0 Å². The third-order valence-electron chi connectivity index (χ3n) is 4.02. The number of aromatic nitrogens is 2. The lowest BCUT2D eigenvalue weighted by atomic mass is 10.1. The number of aliphatic carboxylic acids is 1. The van der Waals surface area contributed by atoms with E-state index in [-0.39, 0.29) is 31.2 Å². The SMILES string of the molecule is O=C(O)COc1ccc(C(=O)CNCC(=O)Cn2cnc3ccccc32)cc1. The number of nitrogens with one attached hydrogen (secondary N) is 1. The second-order valence-electron chi connectivity index (χ2n) is 6.13. The minimum Gasteiger partial charge on any atom is -0.482 e. The zero-order chi connectivity index (χ0) is 19.9. The number of para-hydroxylation sites is 2. The minimum absolute atomic E-state index is 0.0196. The molecule has 8 nitrogen and oxygen atoms in total. The molecule has 2 aromatic carbocycles. The highest BCUT2D eigenvalue weighted by Gasteiger charge is 2.10. The van der Waals surface area contributed by atoms with E-state index in [1.54, 1.807) is 23.0 Å². The molecule has 0 aliphatic rings. The Hall–Kier alpha value is -3.52. The fourth-order valence-corrected chi connectivity index (χ4v) is 2.68. The van der Waals surface area contributed by atoms with E-state index in [4.69, 9.17) is 9.84 Å². The first-order valence-corrected chi connectivity index (χ1v) is 8.63. The van der Waals surface area contributed by atoms with Crippen LogP contribution in [0.15, 0.2) is 54.9 Å². The number of ketones is 2. The molecule has 0 bridgehead atoms. The van der Waals surface area contributed by atoms with Gasteiger partial charge in [0.1, 0.15) is 5.75 Å². The molecular weight excluding hydrogens is 362 g/mol. The van der Waals surface area contributed by atoms with Crippen LogP contribution < -0.4 is 10.1 Å². The Morgan fingerprint density at radius 1 is 1.04 bits per heavy atom. The maximum absolute atomic E-state index is 12.2. The average Bonchev–Trinajstić information content (AvgIpc) is 3.09. The minimum atomic E-state index is -1.07. The van der Waals surface area contributed by atoms with Crippen LogP contribution in [0, 0.1) is 0 Å². The molecule has 0 amide bonds. The van der Waals surface area contributed by atoms with Gasteiger partial charge in [-0.25, -0.2) is 9.78 Å². The molecule has 1 aromatic heterocycles. The summed E-state index contributed by atoms with van der Waals surface area (Å²) in [6, 6.07) is 13.7. The van der Waals surface area contributed by atoms with Gasteiger partial charge in [-0.05, 0) is 36.4 Å². The van der Waals surface area contributed by atoms with Crippen LogP contribution in [0.25, 0.3) is 11.0 Å². The number of hydrogen-bond donors (Lipinski definition) is 2. The Morgan fingerprint density at radius 2 is 1.79 bits per heavy atom. The predicted molar refractivity (Wildman–Crippen MR) is 102 cm³/mol. The van der Waals surface area contributed by atoms with Crippen LogP contribution in [0.2, 0.25) is 0 Å². The third kappa shape index (κ3) is 5.01. The van der Waals surface area contributed by atoms with Gasteiger partial charge in [-0.1, -0.05) is 12.1 Å². The molecule has 0 saturated carbocycles. The van der Waals surface area contributed by atoms with Crippen molar-refractivity contribution in [3.05, 3.63) is 60.4 Å². The molecule has 0 fully saturated rings. The maximum Gasteiger partial charge on any atom is 0.341 e. The van der Waals surface area contributed by atoms with Crippen LogP contribution in [0.5, 0.6) is 5.75 Å². The second-order valence-corrected chi connectivity index (χ2v) is 6.13. The third-order valence-corrected chi connectivity index (χ3v) is 4.02. The molecule has 1 heterocycles. The molecule has 0 atom stereocenters. The molecule has 2 N–H and O–H groups in total. The van der Waals surface area contributed by atoms with Gasteiger partial charge in [0.15, 0.2) is 18.2 Å². The number of hydrogen-bond acceptors (Lipinski definition) is 6. The fourth-order valence-electron chi connectivity index (χ4n) is 2.68. The molecular formula is C20H19N3O5. The monoisotopic (exact) mass is 381 g/mol. The molecule has 3 aromatic rings. The van der Waals surface area contributed by atoms with Crippen LogP contribution in [-0.2, 0) is 16.1 Å². The largest absolute Gasteiger partial charge is 0.482 e. The summed E-state index contributed by atoms with van der Waals surface area (Å²) in [6.45, 7) is -0.176. The van der Waals surface area contributed by atoms with Gasteiger partial charge < -0.3 is 19.7 Å². The summed E-state index contributed by atoms with van der Waals surface area (Å²) in [5.41, 5.74) is 2.16. The summed E-state index contributed by atoms with van der Waals surface area (Å²) in [5.74, 6) is -0.939. The molecule has 0 spiro atoms. The summed E-state index contributed by atoms with van der Waals surface area (Å²) in [4.78, 5) is 39.0. The fraction of sp³-hybridized carbons (Fsp3) is 0.200. The smallest absolute Gasteiger partial charge is 0.341 e. The summed E-state index contributed by atoms with van der Waals surface area (Å²) in [5, 5.41) is 11.4. The molecule has 0 aliphatic carbocycles. The topological polar surface area (TPSA) is 111 Å². The summed E-state index contributed by atoms with van der Waals surface area (Å²) < 4.78 is 6.79. The zero-order valence-corrected chi connectivity index (χ0v) is 15.0. The Kier molecular flexibility index (Phi) is 6.13. The number of carboxylic acid groups (broad SMARTS) is 1. The number of imidazole rings is 1. The van der Waals surface area contributed by atoms with Crippen molar-refractivity contribution >= 4 is 28.6 Å². The molecule has 144 valence electrons. The van der Waals surface area contributed by atoms with E-state index in [1.807, 2.05) is 24.3 Å². The van der Waals surface area contributed by atoms with Gasteiger partial charge in [-0.15, -0.1) is 0 Å². The Labute approximate surface area is 160 Å². The van der Waals surface area contributed by atoms with Crippen molar-refractivity contribution in [1.82, 2.24) is 14.9 Å². The summed E-state index contributed by atoms with van der Waals surface area (Å²) in [7, 11) is 0. The molecule has 8 heteroatoms. The first-order valence-electron chi connectivity index (χ1n) is 8.63. The number of benzene rings is 2. The van der Waals surface area contributed by atoms with E-state index in [0.717, 1.165) is 11.0 Å². The summed E-state index contributed by atoms with van der Waals surface area (Å²) in [6.07, 6.45) is 1.63. The highest BCUT2D eigenvalue weighted by Crippen LogP contribution is 2.13. The van der Waals surface area contributed by atoms with E-state index in [2.05, 4.69) is 10.3 Å². The van der Waals surface area contributed by atoms with Crippen LogP contribution in [-0.4, -0.2) is 51.9 Å².